The zero-order chi connectivity index (χ0) is 11.4. The van der Waals surface area contributed by atoms with Crippen LogP contribution < -0.4 is 5.32 Å². The maximum atomic E-state index is 6.08. The van der Waals surface area contributed by atoms with E-state index in [1.54, 1.807) is 7.11 Å². The van der Waals surface area contributed by atoms with Crippen molar-refractivity contribution in [1.82, 2.24) is 14.7 Å². The molecule has 0 aliphatic heterocycles. The van der Waals surface area contributed by atoms with Gasteiger partial charge >= 0.3 is 0 Å². The molecule has 2 aromatic rings. The number of ether oxygens (including phenoxy) is 1. The van der Waals surface area contributed by atoms with E-state index in [0.29, 0.717) is 18.3 Å². The number of rotatable bonds is 5. The molecule has 0 aromatic carbocycles. The van der Waals surface area contributed by atoms with Gasteiger partial charge in [-0.1, -0.05) is 17.7 Å². The number of aromatic nitrogens is 2. The molecule has 0 spiro atoms. The molecule has 0 aliphatic rings. The Bertz CT molecular complexity index is 473. The fraction of sp³-hybridized carbons (Fsp3) is 0.364. The van der Waals surface area contributed by atoms with Gasteiger partial charge in [0.15, 0.2) is 5.15 Å². The van der Waals surface area contributed by atoms with Crippen LogP contribution in [-0.2, 0) is 11.3 Å². The number of imidazole rings is 1. The Kier molecular flexibility index (Phi) is 5.71. The van der Waals surface area contributed by atoms with Gasteiger partial charge < -0.3 is 14.5 Å². The minimum absolute atomic E-state index is 0. The highest BCUT2D eigenvalue weighted by molar-refractivity contribution is 6.30. The molecule has 2 heterocycles. The molecule has 17 heavy (non-hydrogen) atoms. The van der Waals surface area contributed by atoms with Gasteiger partial charge in [0, 0.05) is 26.4 Å². The summed E-state index contributed by atoms with van der Waals surface area (Å²) in [6, 6.07) is 5.84. The molecule has 0 unspecified atom stereocenters. The van der Waals surface area contributed by atoms with Gasteiger partial charge in [-0.05, 0) is 12.1 Å². The lowest BCUT2D eigenvalue weighted by molar-refractivity contribution is 0.199. The van der Waals surface area contributed by atoms with Crippen LogP contribution in [0.1, 0.15) is 5.69 Å². The first kappa shape index (κ1) is 14.3. The van der Waals surface area contributed by atoms with Crippen molar-refractivity contribution in [2.75, 3.05) is 20.3 Å². The van der Waals surface area contributed by atoms with E-state index in [9.17, 15) is 0 Å². The Morgan fingerprint density at radius 2 is 2.29 bits per heavy atom. The second-order valence-corrected chi connectivity index (χ2v) is 3.81. The van der Waals surface area contributed by atoms with Crippen molar-refractivity contribution in [3.8, 4) is 0 Å². The van der Waals surface area contributed by atoms with Crippen LogP contribution in [-0.4, -0.2) is 29.6 Å². The van der Waals surface area contributed by atoms with Crippen molar-refractivity contribution < 1.29 is 4.74 Å². The van der Waals surface area contributed by atoms with Crippen LogP contribution in [0.2, 0.25) is 5.15 Å². The molecule has 0 saturated heterocycles. The molecule has 0 radical (unpaired) electrons. The molecule has 0 saturated carbocycles. The monoisotopic (exact) mass is 275 g/mol. The maximum absolute atomic E-state index is 6.08. The number of nitrogens with one attached hydrogen (secondary N) is 1. The van der Waals surface area contributed by atoms with E-state index >= 15 is 0 Å². The second kappa shape index (κ2) is 6.81. The molecular formula is C11H15Cl2N3O. The molecule has 6 heteroatoms. The van der Waals surface area contributed by atoms with Gasteiger partial charge in [0.2, 0.25) is 0 Å². The highest BCUT2D eigenvalue weighted by atomic mass is 35.5. The number of fused-ring (bicyclic) bond motifs is 1. The second-order valence-electron chi connectivity index (χ2n) is 3.45. The van der Waals surface area contributed by atoms with Crippen LogP contribution >= 0.6 is 24.0 Å². The highest BCUT2D eigenvalue weighted by Gasteiger charge is 2.08. The molecule has 2 aromatic heterocycles. The lowest BCUT2D eigenvalue weighted by Crippen LogP contribution is -2.19. The Morgan fingerprint density at radius 3 is 3.06 bits per heavy atom. The summed E-state index contributed by atoms with van der Waals surface area (Å²) in [5.41, 5.74) is 1.85. The number of nitrogens with zero attached hydrogens (tertiary/aromatic N) is 2. The van der Waals surface area contributed by atoms with Crippen molar-refractivity contribution in [2.45, 2.75) is 6.54 Å². The topological polar surface area (TPSA) is 38.6 Å². The molecule has 0 bridgehead atoms. The fourth-order valence-corrected chi connectivity index (χ4v) is 1.80. The van der Waals surface area contributed by atoms with Crippen molar-refractivity contribution in [3.63, 3.8) is 0 Å². The minimum atomic E-state index is 0. The lowest BCUT2D eigenvalue weighted by Gasteiger charge is -2.04. The van der Waals surface area contributed by atoms with E-state index in [-0.39, 0.29) is 12.4 Å². The van der Waals surface area contributed by atoms with Crippen LogP contribution in [0.3, 0.4) is 0 Å². The van der Waals surface area contributed by atoms with Crippen molar-refractivity contribution >= 4 is 29.7 Å². The number of methoxy groups -OCH3 is 1. The van der Waals surface area contributed by atoms with E-state index in [4.69, 9.17) is 16.3 Å². The average Bonchev–Trinajstić information content (AvgIpc) is 2.61. The molecule has 4 nitrogen and oxygen atoms in total. The van der Waals surface area contributed by atoms with Gasteiger partial charge in [0.25, 0.3) is 0 Å². The van der Waals surface area contributed by atoms with Gasteiger partial charge in [0.05, 0.1) is 12.3 Å². The van der Waals surface area contributed by atoms with Crippen molar-refractivity contribution in [3.05, 3.63) is 35.2 Å². The summed E-state index contributed by atoms with van der Waals surface area (Å²) in [5, 5.41) is 3.80. The van der Waals surface area contributed by atoms with Gasteiger partial charge in [-0.3, -0.25) is 0 Å². The number of hydrogen-bond acceptors (Lipinski definition) is 3. The number of hydrogen-bond donors (Lipinski definition) is 1. The predicted molar refractivity (Wildman–Crippen MR) is 71.0 cm³/mol. The van der Waals surface area contributed by atoms with Crippen LogP contribution in [0.15, 0.2) is 24.4 Å². The highest BCUT2D eigenvalue weighted by Crippen LogP contribution is 2.16. The van der Waals surface area contributed by atoms with Crippen LogP contribution in [0.5, 0.6) is 0 Å². The third-order valence-corrected chi connectivity index (χ3v) is 2.66. The van der Waals surface area contributed by atoms with E-state index in [1.165, 1.54) is 0 Å². The molecular weight excluding hydrogens is 261 g/mol. The minimum Gasteiger partial charge on any atom is -0.383 e. The molecule has 1 N–H and O–H groups in total. The molecule has 2 rings (SSSR count). The summed E-state index contributed by atoms with van der Waals surface area (Å²) in [6.07, 6.45) is 1.96. The molecule has 0 amide bonds. The van der Waals surface area contributed by atoms with Gasteiger partial charge in [0.1, 0.15) is 5.65 Å². The largest absolute Gasteiger partial charge is 0.383 e. The first-order valence-corrected chi connectivity index (χ1v) is 5.52. The average molecular weight is 276 g/mol. The number of halogens is 2. The summed E-state index contributed by atoms with van der Waals surface area (Å²) in [7, 11) is 1.68. The van der Waals surface area contributed by atoms with E-state index in [0.717, 1.165) is 17.9 Å². The number of pyridine rings is 1. The lowest BCUT2D eigenvalue weighted by atomic mass is 10.4. The third-order valence-electron chi connectivity index (χ3n) is 2.36. The van der Waals surface area contributed by atoms with E-state index < -0.39 is 0 Å². The normalized spacial score (nSPS) is 10.5. The summed E-state index contributed by atoms with van der Waals surface area (Å²) in [5.74, 6) is 0. The summed E-state index contributed by atoms with van der Waals surface area (Å²) in [4.78, 5) is 4.27. The van der Waals surface area contributed by atoms with E-state index in [1.807, 2.05) is 28.8 Å². The summed E-state index contributed by atoms with van der Waals surface area (Å²) < 4.78 is 6.95. The summed E-state index contributed by atoms with van der Waals surface area (Å²) >= 11 is 6.08. The maximum Gasteiger partial charge on any atom is 0.152 e. The van der Waals surface area contributed by atoms with Gasteiger partial charge in [-0.2, -0.15) is 0 Å². The van der Waals surface area contributed by atoms with Crippen LogP contribution in [0, 0.1) is 0 Å². The quantitative estimate of drug-likeness (QED) is 0.850. The molecule has 0 aliphatic carbocycles. The van der Waals surface area contributed by atoms with Gasteiger partial charge in [-0.25, -0.2) is 4.98 Å². The zero-order valence-corrected chi connectivity index (χ0v) is 11.1. The zero-order valence-electron chi connectivity index (χ0n) is 9.52. The summed E-state index contributed by atoms with van der Waals surface area (Å²) in [6.45, 7) is 2.18. The van der Waals surface area contributed by atoms with Crippen LogP contribution in [0.4, 0.5) is 0 Å². The Morgan fingerprint density at radius 1 is 1.47 bits per heavy atom. The Hall–Kier alpha value is -0.810. The standard InChI is InChI=1S/C11H14ClN3O.ClH/c1-16-7-5-13-8-9-11(12)14-10-4-2-3-6-15(9)10;/h2-4,6,13H,5,7-8H2,1H3;1H. The van der Waals surface area contributed by atoms with Crippen molar-refractivity contribution in [2.24, 2.45) is 0 Å². The first-order chi connectivity index (χ1) is 7.83. The van der Waals surface area contributed by atoms with Crippen LogP contribution in [0.25, 0.3) is 5.65 Å². The van der Waals surface area contributed by atoms with E-state index in [2.05, 4.69) is 10.3 Å². The smallest absolute Gasteiger partial charge is 0.152 e. The third kappa shape index (κ3) is 3.33. The SMILES string of the molecule is COCCNCc1c(Cl)nc2ccccn12.Cl. The van der Waals surface area contributed by atoms with Crippen molar-refractivity contribution in [1.29, 1.82) is 0 Å². The first-order valence-electron chi connectivity index (χ1n) is 5.14. The molecule has 94 valence electrons. The molecule has 0 fully saturated rings. The predicted octanol–water partition coefficient (Wildman–Crippen LogP) is 2.15. The Balaban J connectivity index is 0.00000144. The van der Waals surface area contributed by atoms with Gasteiger partial charge in [-0.15, -0.1) is 12.4 Å². The molecule has 0 atom stereocenters. The Labute approximate surface area is 111 Å². The fourth-order valence-electron chi connectivity index (χ4n) is 1.56.